The SMILES string of the molecule is O=C(N[C@H](C(=O)N[C@@H]1CCS(=O)(=O)C1)c1ccccc1)c1cccnc1. The van der Waals surface area contributed by atoms with Crippen LogP contribution in [-0.2, 0) is 14.6 Å². The molecule has 0 aliphatic carbocycles. The van der Waals surface area contributed by atoms with E-state index in [1.807, 2.05) is 6.07 Å². The van der Waals surface area contributed by atoms with Gasteiger partial charge in [-0.25, -0.2) is 8.42 Å². The van der Waals surface area contributed by atoms with E-state index in [2.05, 4.69) is 15.6 Å². The second-order valence-electron chi connectivity index (χ2n) is 6.17. The quantitative estimate of drug-likeness (QED) is 0.809. The lowest BCUT2D eigenvalue weighted by Crippen LogP contribution is -2.44. The predicted octanol–water partition coefficient (Wildman–Crippen LogP) is 0.856. The van der Waals surface area contributed by atoms with Crippen LogP contribution in [0.25, 0.3) is 0 Å². The van der Waals surface area contributed by atoms with Crippen molar-refractivity contribution in [2.75, 3.05) is 11.5 Å². The number of carbonyl (C=O) groups excluding carboxylic acids is 2. The minimum Gasteiger partial charge on any atom is -0.350 e. The van der Waals surface area contributed by atoms with Crippen molar-refractivity contribution in [3.63, 3.8) is 0 Å². The van der Waals surface area contributed by atoms with Gasteiger partial charge in [0.15, 0.2) is 9.84 Å². The highest BCUT2D eigenvalue weighted by Crippen LogP contribution is 2.17. The Balaban J connectivity index is 1.77. The molecule has 1 aromatic carbocycles. The summed E-state index contributed by atoms with van der Waals surface area (Å²) in [6.45, 7) is 0. The second kappa shape index (κ2) is 7.65. The number of hydrogen-bond donors (Lipinski definition) is 2. The molecule has 2 atom stereocenters. The van der Waals surface area contributed by atoms with E-state index in [4.69, 9.17) is 0 Å². The first-order valence-corrected chi connectivity index (χ1v) is 10.0. The molecule has 0 unspecified atom stereocenters. The fraction of sp³-hybridized carbons (Fsp3) is 0.278. The molecule has 8 heteroatoms. The topological polar surface area (TPSA) is 105 Å². The van der Waals surface area contributed by atoms with E-state index in [0.717, 1.165) is 0 Å². The lowest BCUT2D eigenvalue weighted by atomic mass is 10.0. The van der Waals surface area contributed by atoms with Crippen molar-refractivity contribution < 1.29 is 18.0 Å². The van der Waals surface area contributed by atoms with E-state index < -0.39 is 33.7 Å². The molecule has 2 amide bonds. The summed E-state index contributed by atoms with van der Waals surface area (Å²) in [5.41, 5.74) is 0.952. The van der Waals surface area contributed by atoms with Crippen molar-refractivity contribution in [3.05, 3.63) is 66.0 Å². The monoisotopic (exact) mass is 373 g/mol. The van der Waals surface area contributed by atoms with Crippen molar-refractivity contribution in [1.29, 1.82) is 0 Å². The fourth-order valence-corrected chi connectivity index (χ4v) is 4.52. The molecule has 0 saturated carbocycles. The zero-order valence-electron chi connectivity index (χ0n) is 14.0. The molecular formula is C18H19N3O4S. The Morgan fingerprint density at radius 3 is 2.50 bits per heavy atom. The van der Waals surface area contributed by atoms with Gasteiger partial charge in [-0.1, -0.05) is 30.3 Å². The molecule has 2 heterocycles. The van der Waals surface area contributed by atoms with Gasteiger partial charge < -0.3 is 10.6 Å². The Morgan fingerprint density at radius 1 is 1.12 bits per heavy atom. The van der Waals surface area contributed by atoms with Crippen LogP contribution in [0.3, 0.4) is 0 Å². The highest BCUT2D eigenvalue weighted by Gasteiger charge is 2.32. The van der Waals surface area contributed by atoms with Crippen molar-refractivity contribution in [2.24, 2.45) is 0 Å². The maximum Gasteiger partial charge on any atom is 0.253 e. The number of pyridine rings is 1. The largest absolute Gasteiger partial charge is 0.350 e. The van der Waals surface area contributed by atoms with Crippen LogP contribution in [0.4, 0.5) is 0 Å². The molecule has 2 aromatic rings. The van der Waals surface area contributed by atoms with Gasteiger partial charge in [0.2, 0.25) is 5.91 Å². The molecular weight excluding hydrogens is 354 g/mol. The van der Waals surface area contributed by atoms with Crippen molar-refractivity contribution in [3.8, 4) is 0 Å². The number of nitrogens with zero attached hydrogens (tertiary/aromatic N) is 1. The highest BCUT2D eigenvalue weighted by molar-refractivity contribution is 7.91. The molecule has 26 heavy (non-hydrogen) atoms. The van der Waals surface area contributed by atoms with Crippen LogP contribution < -0.4 is 10.6 Å². The first-order valence-electron chi connectivity index (χ1n) is 8.21. The Morgan fingerprint density at radius 2 is 1.88 bits per heavy atom. The van der Waals surface area contributed by atoms with E-state index in [1.54, 1.807) is 42.6 Å². The van der Waals surface area contributed by atoms with E-state index in [1.165, 1.54) is 6.20 Å². The normalized spacial score (nSPS) is 19.5. The summed E-state index contributed by atoms with van der Waals surface area (Å²) in [6.07, 6.45) is 3.35. The van der Waals surface area contributed by atoms with Crippen molar-refractivity contribution in [1.82, 2.24) is 15.6 Å². The lowest BCUT2D eigenvalue weighted by Gasteiger charge is -2.21. The van der Waals surface area contributed by atoms with E-state index in [9.17, 15) is 18.0 Å². The average Bonchev–Trinajstić information content (AvgIpc) is 2.99. The van der Waals surface area contributed by atoms with Crippen LogP contribution in [0, 0.1) is 0 Å². The Bertz CT molecular complexity index is 885. The second-order valence-corrected chi connectivity index (χ2v) is 8.40. The van der Waals surface area contributed by atoms with Gasteiger partial charge in [-0.2, -0.15) is 0 Å². The van der Waals surface area contributed by atoms with Crippen molar-refractivity contribution in [2.45, 2.75) is 18.5 Å². The summed E-state index contributed by atoms with van der Waals surface area (Å²) in [5, 5.41) is 5.45. The number of hydrogen-bond acceptors (Lipinski definition) is 5. The van der Waals surface area contributed by atoms with Crippen LogP contribution in [0.2, 0.25) is 0 Å². The molecule has 7 nitrogen and oxygen atoms in total. The Labute approximate surface area is 151 Å². The number of carbonyl (C=O) groups is 2. The molecule has 1 saturated heterocycles. The zero-order valence-corrected chi connectivity index (χ0v) is 14.8. The van der Waals surface area contributed by atoms with Gasteiger partial charge in [0, 0.05) is 18.4 Å². The third-order valence-electron chi connectivity index (χ3n) is 4.17. The van der Waals surface area contributed by atoms with E-state index in [0.29, 0.717) is 17.5 Å². The molecule has 0 radical (unpaired) electrons. The number of nitrogens with one attached hydrogen (secondary N) is 2. The van der Waals surface area contributed by atoms with Crippen LogP contribution in [0.5, 0.6) is 0 Å². The third kappa shape index (κ3) is 4.45. The maximum absolute atomic E-state index is 12.7. The molecule has 136 valence electrons. The first kappa shape index (κ1) is 18.1. The molecule has 2 N–H and O–H groups in total. The minimum absolute atomic E-state index is 0.0655. The lowest BCUT2D eigenvalue weighted by molar-refractivity contribution is -0.123. The number of rotatable bonds is 5. The average molecular weight is 373 g/mol. The van der Waals surface area contributed by atoms with E-state index in [-0.39, 0.29) is 11.5 Å². The number of sulfone groups is 1. The summed E-state index contributed by atoms with van der Waals surface area (Å²) >= 11 is 0. The summed E-state index contributed by atoms with van der Waals surface area (Å²) in [4.78, 5) is 29.1. The van der Waals surface area contributed by atoms with E-state index >= 15 is 0 Å². The zero-order chi connectivity index (χ0) is 18.6. The van der Waals surface area contributed by atoms with Crippen LogP contribution >= 0.6 is 0 Å². The minimum atomic E-state index is -3.11. The molecule has 1 aliphatic rings. The van der Waals surface area contributed by atoms with Gasteiger partial charge in [0.05, 0.1) is 17.1 Å². The van der Waals surface area contributed by atoms with Gasteiger partial charge >= 0.3 is 0 Å². The maximum atomic E-state index is 12.7. The number of benzene rings is 1. The predicted molar refractivity (Wildman–Crippen MR) is 96.1 cm³/mol. The molecule has 1 aromatic heterocycles. The van der Waals surface area contributed by atoms with Gasteiger partial charge in [-0.15, -0.1) is 0 Å². The molecule has 0 bridgehead atoms. The standard InChI is InChI=1S/C18H19N3O4S/c22-17(14-7-4-9-19-11-14)21-16(13-5-2-1-3-6-13)18(23)20-15-8-10-26(24,25)12-15/h1-7,9,11,15-16H,8,10,12H2,(H,20,23)(H,21,22)/t15-,16+/m1/s1. The Kier molecular flexibility index (Phi) is 5.32. The van der Waals surface area contributed by atoms with Gasteiger partial charge in [0.25, 0.3) is 5.91 Å². The van der Waals surface area contributed by atoms with Gasteiger partial charge in [-0.3, -0.25) is 14.6 Å². The number of amides is 2. The third-order valence-corrected chi connectivity index (χ3v) is 5.94. The molecule has 1 fully saturated rings. The van der Waals surface area contributed by atoms with Crippen LogP contribution in [0.1, 0.15) is 28.4 Å². The summed E-state index contributed by atoms with van der Waals surface area (Å²) in [6, 6.07) is 10.7. The van der Waals surface area contributed by atoms with Crippen molar-refractivity contribution >= 4 is 21.7 Å². The van der Waals surface area contributed by atoms with Crippen LogP contribution in [-0.4, -0.2) is 42.8 Å². The molecule has 3 rings (SSSR count). The first-order chi connectivity index (χ1) is 12.4. The Hall–Kier alpha value is -2.74. The van der Waals surface area contributed by atoms with Gasteiger partial charge in [0.1, 0.15) is 6.04 Å². The summed E-state index contributed by atoms with van der Waals surface area (Å²) in [5.74, 6) is -0.871. The van der Waals surface area contributed by atoms with Crippen LogP contribution in [0.15, 0.2) is 54.9 Å². The molecule has 0 spiro atoms. The highest BCUT2D eigenvalue weighted by atomic mass is 32.2. The summed E-state index contributed by atoms with van der Waals surface area (Å²) < 4.78 is 23.2. The number of aromatic nitrogens is 1. The van der Waals surface area contributed by atoms with Gasteiger partial charge in [-0.05, 0) is 24.1 Å². The fourth-order valence-electron chi connectivity index (χ4n) is 2.85. The summed E-state index contributed by atoms with van der Waals surface area (Å²) in [7, 11) is -3.11. The smallest absolute Gasteiger partial charge is 0.253 e. The molecule has 1 aliphatic heterocycles.